The Kier molecular flexibility index (Phi) is 2.81. The first kappa shape index (κ1) is 11.1. The number of ether oxygens (including phenoxy) is 1. The highest BCUT2D eigenvalue weighted by Gasteiger charge is 2.31. The molecule has 3 rings (SSSR count). The molecule has 92 valence electrons. The number of benzene rings is 1. The van der Waals surface area contributed by atoms with Crippen molar-refractivity contribution in [2.75, 3.05) is 26.0 Å². The summed E-state index contributed by atoms with van der Waals surface area (Å²) in [5.74, 6) is 0. The zero-order valence-corrected chi connectivity index (χ0v) is 10.4. The van der Waals surface area contributed by atoms with Gasteiger partial charge in [0.25, 0.3) is 0 Å². The molecule has 0 saturated carbocycles. The van der Waals surface area contributed by atoms with E-state index in [-0.39, 0.29) is 0 Å². The van der Waals surface area contributed by atoms with Crippen molar-refractivity contribution in [3.8, 4) is 0 Å². The SMILES string of the molecule is CN(C1CCOC1)C1CCc2cc(N)ccc21. The van der Waals surface area contributed by atoms with Gasteiger partial charge in [-0.05, 0) is 49.6 Å². The van der Waals surface area contributed by atoms with E-state index in [1.807, 2.05) is 6.07 Å². The summed E-state index contributed by atoms with van der Waals surface area (Å²) in [6.07, 6.45) is 3.53. The number of nitrogen functional groups attached to an aromatic ring is 1. The summed E-state index contributed by atoms with van der Waals surface area (Å²) in [7, 11) is 2.23. The fourth-order valence-corrected chi connectivity index (χ4v) is 3.14. The summed E-state index contributed by atoms with van der Waals surface area (Å²) in [6.45, 7) is 1.80. The number of aryl methyl sites for hydroxylation is 1. The Morgan fingerprint density at radius 1 is 1.35 bits per heavy atom. The van der Waals surface area contributed by atoms with Gasteiger partial charge in [0, 0.05) is 24.4 Å². The van der Waals surface area contributed by atoms with Crippen LogP contribution in [0.3, 0.4) is 0 Å². The van der Waals surface area contributed by atoms with Crippen molar-refractivity contribution in [3.05, 3.63) is 29.3 Å². The lowest BCUT2D eigenvalue weighted by Gasteiger charge is -2.30. The Hall–Kier alpha value is -1.06. The molecule has 2 N–H and O–H groups in total. The Morgan fingerprint density at radius 2 is 2.24 bits per heavy atom. The Balaban J connectivity index is 1.82. The topological polar surface area (TPSA) is 38.5 Å². The maximum atomic E-state index is 5.84. The van der Waals surface area contributed by atoms with Crippen LogP contribution in [-0.4, -0.2) is 31.2 Å². The average molecular weight is 232 g/mol. The zero-order chi connectivity index (χ0) is 11.8. The lowest BCUT2D eigenvalue weighted by molar-refractivity contribution is 0.132. The molecule has 2 unspecified atom stereocenters. The van der Waals surface area contributed by atoms with Crippen molar-refractivity contribution in [1.82, 2.24) is 4.90 Å². The number of anilines is 1. The number of hydrogen-bond acceptors (Lipinski definition) is 3. The second-order valence-electron chi connectivity index (χ2n) is 5.20. The molecule has 0 aromatic heterocycles. The first-order valence-corrected chi connectivity index (χ1v) is 6.43. The molecule has 0 spiro atoms. The van der Waals surface area contributed by atoms with Crippen molar-refractivity contribution >= 4 is 5.69 Å². The minimum atomic E-state index is 0.553. The molecule has 1 saturated heterocycles. The predicted molar refractivity (Wildman–Crippen MR) is 68.9 cm³/mol. The Labute approximate surface area is 103 Å². The lowest BCUT2D eigenvalue weighted by atomic mass is 10.0. The van der Waals surface area contributed by atoms with Gasteiger partial charge in [-0.15, -0.1) is 0 Å². The van der Waals surface area contributed by atoms with Crippen LogP contribution < -0.4 is 5.73 Å². The lowest BCUT2D eigenvalue weighted by Crippen LogP contribution is -2.34. The standard InChI is InChI=1S/C14H20N2O/c1-16(12-6-7-17-9-12)14-5-2-10-8-11(15)3-4-13(10)14/h3-4,8,12,14H,2,5-7,9,15H2,1H3. The third-order valence-electron chi connectivity index (χ3n) is 4.19. The number of hydrogen-bond donors (Lipinski definition) is 1. The molecule has 2 aliphatic rings. The first-order valence-electron chi connectivity index (χ1n) is 6.43. The largest absolute Gasteiger partial charge is 0.399 e. The molecule has 2 atom stereocenters. The van der Waals surface area contributed by atoms with Crippen LogP contribution in [0.5, 0.6) is 0 Å². The van der Waals surface area contributed by atoms with Crippen LogP contribution in [0.15, 0.2) is 18.2 Å². The second kappa shape index (κ2) is 4.31. The van der Waals surface area contributed by atoms with E-state index in [4.69, 9.17) is 10.5 Å². The highest BCUT2D eigenvalue weighted by molar-refractivity contribution is 5.47. The van der Waals surface area contributed by atoms with Crippen molar-refractivity contribution < 1.29 is 4.74 Å². The van der Waals surface area contributed by atoms with Gasteiger partial charge < -0.3 is 10.5 Å². The number of rotatable bonds is 2. The van der Waals surface area contributed by atoms with E-state index in [2.05, 4.69) is 24.1 Å². The van der Waals surface area contributed by atoms with Gasteiger partial charge in [-0.1, -0.05) is 6.07 Å². The van der Waals surface area contributed by atoms with Crippen molar-refractivity contribution in [1.29, 1.82) is 0 Å². The van der Waals surface area contributed by atoms with Gasteiger partial charge in [-0.3, -0.25) is 4.90 Å². The van der Waals surface area contributed by atoms with Gasteiger partial charge in [0.15, 0.2) is 0 Å². The molecule has 1 aliphatic heterocycles. The third kappa shape index (κ3) is 1.94. The maximum Gasteiger partial charge on any atom is 0.0622 e. The summed E-state index contributed by atoms with van der Waals surface area (Å²) in [5.41, 5.74) is 9.62. The van der Waals surface area contributed by atoms with Crippen LogP contribution in [0.25, 0.3) is 0 Å². The minimum Gasteiger partial charge on any atom is -0.399 e. The molecule has 1 aromatic rings. The molecular formula is C14H20N2O. The van der Waals surface area contributed by atoms with Crippen LogP contribution >= 0.6 is 0 Å². The molecule has 1 aliphatic carbocycles. The second-order valence-corrected chi connectivity index (χ2v) is 5.20. The molecule has 3 heteroatoms. The Morgan fingerprint density at radius 3 is 3.00 bits per heavy atom. The molecule has 3 nitrogen and oxygen atoms in total. The molecule has 0 radical (unpaired) electrons. The van der Waals surface area contributed by atoms with Gasteiger partial charge in [0.05, 0.1) is 6.61 Å². The summed E-state index contributed by atoms with van der Waals surface area (Å²) >= 11 is 0. The first-order chi connectivity index (χ1) is 8.25. The highest BCUT2D eigenvalue weighted by Crippen LogP contribution is 2.37. The molecule has 0 amide bonds. The minimum absolute atomic E-state index is 0.553. The van der Waals surface area contributed by atoms with Crippen LogP contribution in [0, 0.1) is 0 Å². The summed E-state index contributed by atoms with van der Waals surface area (Å²) in [4.78, 5) is 2.50. The summed E-state index contributed by atoms with van der Waals surface area (Å²) in [5, 5.41) is 0. The van der Waals surface area contributed by atoms with E-state index in [0.717, 1.165) is 31.7 Å². The van der Waals surface area contributed by atoms with E-state index in [0.29, 0.717) is 12.1 Å². The van der Waals surface area contributed by atoms with Gasteiger partial charge in [0.1, 0.15) is 0 Å². The number of nitrogens with two attached hydrogens (primary N) is 1. The maximum absolute atomic E-state index is 5.84. The van der Waals surface area contributed by atoms with Gasteiger partial charge in [-0.2, -0.15) is 0 Å². The smallest absolute Gasteiger partial charge is 0.0622 e. The van der Waals surface area contributed by atoms with Crippen LogP contribution in [0.1, 0.15) is 30.0 Å². The zero-order valence-electron chi connectivity index (χ0n) is 10.4. The van der Waals surface area contributed by atoms with E-state index < -0.39 is 0 Å². The van der Waals surface area contributed by atoms with Crippen LogP contribution in [0.4, 0.5) is 5.69 Å². The molecule has 0 bridgehead atoms. The van der Waals surface area contributed by atoms with E-state index in [1.54, 1.807) is 0 Å². The fraction of sp³-hybridized carbons (Fsp3) is 0.571. The van der Waals surface area contributed by atoms with E-state index in [9.17, 15) is 0 Å². The van der Waals surface area contributed by atoms with Crippen molar-refractivity contribution in [2.24, 2.45) is 0 Å². The third-order valence-corrected chi connectivity index (χ3v) is 4.19. The summed E-state index contributed by atoms with van der Waals surface area (Å²) < 4.78 is 5.48. The fourth-order valence-electron chi connectivity index (χ4n) is 3.14. The van der Waals surface area contributed by atoms with E-state index >= 15 is 0 Å². The molecule has 1 aromatic carbocycles. The monoisotopic (exact) mass is 232 g/mol. The quantitative estimate of drug-likeness (QED) is 0.792. The van der Waals surface area contributed by atoms with Crippen molar-refractivity contribution in [3.63, 3.8) is 0 Å². The molecule has 1 fully saturated rings. The molecule has 1 heterocycles. The number of nitrogens with zero attached hydrogens (tertiary/aromatic N) is 1. The van der Waals surface area contributed by atoms with Crippen LogP contribution in [0.2, 0.25) is 0 Å². The van der Waals surface area contributed by atoms with E-state index in [1.165, 1.54) is 17.5 Å². The Bertz CT molecular complexity index is 413. The molecular weight excluding hydrogens is 212 g/mol. The number of likely N-dealkylation sites (N-methyl/N-ethyl adjacent to an activating group) is 1. The molecule has 17 heavy (non-hydrogen) atoms. The van der Waals surface area contributed by atoms with Gasteiger partial charge in [-0.25, -0.2) is 0 Å². The van der Waals surface area contributed by atoms with Gasteiger partial charge in [0.2, 0.25) is 0 Å². The highest BCUT2D eigenvalue weighted by atomic mass is 16.5. The summed E-state index contributed by atoms with van der Waals surface area (Å²) in [6, 6.07) is 7.50. The van der Waals surface area contributed by atoms with Gasteiger partial charge >= 0.3 is 0 Å². The van der Waals surface area contributed by atoms with Crippen LogP contribution in [-0.2, 0) is 11.2 Å². The normalized spacial score (nSPS) is 27.6. The van der Waals surface area contributed by atoms with Crippen molar-refractivity contribution in [2.45, 2.75) is 31.3 Å². The number of fused-ring (bicyclic) bond motifs is 1. The predicted octanol–water partition coefficient (Wildman–Crippen LogP) is 1.98. The average Bonchev–Trinajstić information content (AvgIpc) is 2.96.